The Morgan fingerprint density at radius 2 is 1.93 bits per heavy atom. The second-order valence-corrected chi connectivity index (χ2v) is 7.05. The highest BCUT2D eigenvalue weighted by atomic mass is 35.5. The lowest BCUT2D eigenvalue weighted by atomic mass is 9.84. The van der Waals surface area contributed by atoms with Crippen LogP contribution in [0.25, 0.3) is 0 Å². The zero-order valence-electron chi connectivity index (χ0n) is 15.3. The first-order valence-electron chi connectivity index (χ1n) is 8.87. The molecule has 5 nitrogen and oxygen atoms in total. The van der Waals surface area contributed by atoms with Gasteiger partial charge in [0.15, 0.2) is 0 Å². The molecular formula is C20H21ClF2N2O3. The number of halogens is 3. The number of carbonyl (C=O) groups is 1. The molecule has 2 aromatic rings. The number of carbonyl (C=O) groups excluding carboxylic acids is 1. The lowest BCUT2D eigenvalue weighted by Crippen LogP contribution is -2.45. The summed E-state index contributed by atoms with van der Waals surface area (Å²) < 4.78 is 30.0. The van der Waals surface area contributed by atoms with Crippen LogP contribution in [0.5, 0.6) is 5.75 Å². The molecular weight excluding hydrogens is 390 g/mol. The van der Waals surface area contributed by atoms with Crippen molar-refractivity contribution in [2.24, 2.45) is 0 Å². The number of piperidine rings is 1. The van der Waals surface area contributed by atoms with Crippen LogP contribution in [0.15, 0.2) is 42.5 Å². The van der Waals surface area contributed by atoms with Crippen LogP contribution >= 0.6 is 11.6 Å². The Kier molecular flexibility index (Phi) is 6.05. The standard InChI is InChI=1S/C20H21ClF2N2O3/c1-24-13-6-7-14(17(12-13)28-19(22)23)18(26)25-10-8-20(27,9-11-25)15-4-2-3-5-16(15)21/h2-7,12,19,24,27H,8-11H2,1H3. The van der Waals surface area contributed by atoms with Crippen LogP contribution in [0.3, 0.4) is 0 Å². The van der Waals surface area contributed by atoms with Crippen LogP contribution in [0, 0.1) is 0 Å². The summed E-state index contributed by atoms with van der Waals surface area (Å²) in [5.74, 6) is -0.599. The normalized spacial score (nSPS) is 16.1. The van der Waals surface area contributed by atoms with E-state index in [9.17, 15) is 18.7 Å². The van der Waals surface area contributed by atoms with E-state index in [-0.39, 0.29) is 24.4 Å². The van der Waals surface area contributed by atoms with Crippen molar-refractivity contribution in [2.75, 3.05) is 25.5 Å². The number of hydrogen-bond acceptors (Lipinski definition) is 4. The van der Waals surface area contributed by atoms with Gasteiger partial charge in [-0.05, 0) is 31.0 Å². The fourth-order valence-electron chi connectivity index (χ4n) is 3.41. The molecule has 1 aliphatic rings. The minimum Gasteiger partial charge on any atom is -0.434 e. The van der Waals surface area contributed by atoms with Crippen LogP contribution in [-0.2, 0) is 5.60 Å². The number of rotatable bonds is 5. The smallest absolute Gasteiger partial charge is 0.387 e. The first-order chi connectivity index (χ1) is 13.3. The number of nitrogens with one attached hydrogen (secondary N) is 1. The van der Waals surface area contributed by atoms with Crippen LogP contribution in [0.2, 0.25) is 5.02 Å². The SMILES string of the molecule is CNc1ccc(C(=O)N2CCC(O)(c3ccccc3Cl)CC2)c(OC(F)F)c1. The van der Waals surface area contributed by atoms with Crippen molar-refractivity contribution < 1.29 is 23.4 Å². The molecule has 1 heterocycles. The first kappa shape index (κ1) is 20.4. The molecule has 0 bridgehead atoms. The van der Waals surface area contributed by atoms with Gasteiger partial charge < -0.3 is 20.1 Å². The number of benzene rings is 2. The van der Waals surface area contributed by atoms with Crippen molar-refractivity contribution in [3.63, 3.8) is 0 Å². The highest BCUT2D eigenvalue weighted by Gasteiger charge is 2.37. The first-order valence-corrected chi connectivity index (χ1v) is 9.25. The van der Waals surface area contributed by atoms with Gasteiger partial charge in [0.1, 0.15) is 5.75 Å². The minimum absolute atomic E-state index is 0.0579. The van der Waals surface area contributed by atoms with Gasteiger partial charge in [-0.3, -0.25) is 4.79 Å². The molecule has 1 saturated heterocycles. The number of alkyl halides is 2. The molecule has 0 saturated carbocycles. The van der Waals surface area contributed by atoms with Gasteiger partial charge in [0, 0.05) is 42.5 Å². The van der Waals surface area contributed by atoms with E-state index in [4.69, 9.17) is 11.6 Å². The lowest BCUT2D eigenvalue weighted by molar-refractivity contribution is -0.0504. The number of aliphatic hydroxyl groups is 1. The van der Waals surface area contributed by atoms with Crippen molar-refractivity contribution in [2.45, 2.75) is 25.1 Å². The van der Waals surface area contributed by atoms with Crippen LogP contribution in [-0.4, -0.2) is 42.7 Å². The molecule has 8 heteroatoms. The highest BCUT2D eigenvalue weighted by molar-refractivity contribution is 6.31. The number of ether oxygens (including phenoxy) is 1. The molecule has 2 aromatic carbocycles. The summed E-state index contributed by atoms with van der Waals surface area (Å²) in [6.45, 7) is -2.50. The fourth-order valence-corrected chi connectivity index (χ4v) is 3.72. The average molecular weight is 411 g/mol. The predicted molar refractivity (Wildman–Crippen MR) is 103 cm³/mol. The average Bonchev–Trinajstić information content (AvgIpc) is 2.68. The van der Waals surface area contributed by atoms with E-state index in [0.717, 1.165) is 0 Å². The Hall–Kier alpha value is -2.38. The molecule has 1 aliphatic heterocycles. The summed E-state index contributed by atoms with van der Waals surface area (Å²) in [5, 5.41) is 14.3. The largest absolute Gasteiger partial charge is 0.434 e. The summed E-state index contributed by atoms with van der Waals surface area (Å²) in [7, 11) is 1.64. The van der Waals surface area contributed by atoms with Crippen molar-refractivity contribution in [1.29, 1.82) is 0 Å². The molecule has 28 heavy (non-hydrogen) atoms. The summed E-state index contributed by atoms with van der Waals surface area (Å²) in [6.07, 6.45) is 0.588. The highest BCUT2D eigenvalue weighted by Crippen LogP contribution is 2.37. The Balaban J connectivity index is 1.78. The topological polar surface area (TPSA) is 61.8 Å². The third-order valence-electron chi connectivity index (χ3n) is 4.97. The predicted octanol–water partition coefficient (Wildman–Crippen LogP) is 4.11. The summed E-state index contributed by atoms with van der Waals surface area (Å²) in [5.41, 5.74) is 0.109. The van der Waals surface area contributed by atoms with E-state index < -0.39 is 18.1 Å². The minimum atomic E-state index is -3.04. The van der Waals surface area contributed by atoms with Crippen molar-refractivity contribution >= 4 is 23.2 Å². The third kappa shape index (κ3) is 4.20. The number of hydrogen-bond donors (Lipinski definition) is 2. The summed E-state index contributed by atoms with van der Waals surface area (Å²) in [4.78, 5) is 14.4. The Bertz CT molecular complexity index is 855. The molecule has 0 aromatic heterocycles. The second kappa shape index (κ2) is 8.32. The number of anilines is 1. The van der Waals surface area contributed by atoms with Gasteiger partial charge in [-0.15, -0.1) is 0 Å². The van der Waals surface area contributed by atoms with E-state index in [1.807, 2.05) is 0 Å². The van der Waals surface area contributed by atoms with E-state index in [0.29, 0.717) is 29.1 Å². The van der Waals surface area contributed by atoms with Gasteiger partial charge in [-0.2, -0.15) is 8.78 Å². The van der Waals surface area contributed by atoms with Gasteiger partial charge in [0.2, 0.25) is 0 Å². The van der Waals surface area contributed by atoms with Crippen molar-refractivity contribution in [3.05, 3.63) is 58.6 Å². The van der Waals surface area contributed by atoms with Crippen LogP contribution in [0.1, 0.15) is 28.8 Å². The van der Waals surface area contributed by atoms with Crippen LogP contribution < -0.4 is 10.1 Å². The molecule has 1 fully saturated rings. The maximum absolute atomic E-state index is 12.9. The number of nitrogens with zero attached hydrogens (tertiary/aromatic N) is 1. The summed E-state index contributed by atoms with van der Waals surface area (Å²) in [6, 6.07) is 11.5. The second-order valence-electron chi connectivity index (χ2n) is 6.64. The quantitative estimate of drug-likeness (QED) is 0.778. The van der Waals surface area contributed by atoms with E-state index in [1.54, 1.807) is 37.4 Å². The lowest BCUT2D eigenvalue weighted by Gasteiger charge is -2.39. The van der Waals surface area contributed by atoms with Gasteiger partial charge >= 0.3 is 6.61 Å². The molecule has 0 radical (unpaired) electrons. The van der Waals surface area contributed by atoms with E-state index >= 15 is 0 Å². The molecule has 2 N–H and O–H groups in total. The zero-order chi connectivity index (χ0) is 20.3. The van der Waals surface area contributed by atoms with Gasteiger partial charge in [0.25, 0.3) is 5.91 Å². The molecule has 0 aliphatic carbocycles. The third-order valence-corrected chi connectivity index (χ3v) is 5.30. The van der Waals surface area contributed by atoms with E-state index in [2.05, 4.69) is 10.1 Å². The Morgan fingerprint density at radius 1 is 1.25 bits per heavy atom. The molecule has 3 rings (SSSR count). The van der Waals surface area contributed by atoms with Crippen molar-refractivity contribution in [1.82, 2.24) is 4.90 Å². The number of amides is 1. The molecule has 0 spiro atoms. The monoisotopic (exact) mass is 410 g/mol. The Labute approximate surface area is 166 Å². The molecule has 0 atom stereocenters. The summed E-state index contributed by atoms with van der Waals surface area (Å²) >= 11 is 6.21. The molecule has 0 unspecified atom stereocenters. The van der Waals surface area contributed by atoms with E-state index in [1.165, 1.54) is 17.0 Å². The maximum atomic E-state index is 12.9. The van der Waals surface area contributed by atoms with Crippen molar-refractivity contribution in [3.8, 4) is 5.75 Å². The maximum Gasteiger partial charge on any atom is 0.387 e. The van der Waals surface area contributed by atoms with Gasteiger partial charge in [-0.1, -0.05) is 29.8 Å². The molecule has 1 amide bonds. The van der Waals surface area contributed by atoms with Crippen LogP contribution in [0.4, 0.5) is 14.5 Å². The van der Waals surface area contributed by atoms with Gasteiger partial charge in [0.05, 0.1) is 11.2 Å². The van der Waals surface area contributed by atoms with Gasteiger partial charge in [-0.25, -0.2) is 0 Å². The fraction of sp³-hybridized carbons (Fsp3) is 0.350. The Morgan fingerprint density at radius 3 is 2.54 bits per heavy atom. The molecule has 150 valence electrons. The zero-order valence-corrected chi connectivity index (χ0v) is 16.0. The number of likely N-dealkylation sites (tertiary alicyclic amines) is 1.